The number of ether oxygens (including phenoxy) is 1. The van der Waals surface area contributed by atoms with Crippen LogP contribution in [0, 0.1) is 12.8 Å². The molecule has 1 N–H and O–H groups in total. The van der Waals surface area contributed by atoms with Crippen molar-refractivity contribution in [2.75, 3.05) is 6.61 Å². The smallest absolute Gasteiger partial charge is 0.339 e. The topological polar surface area (TPSA) is 63.6 Å². The lowest BCUT2D eigenvalue weighted by molar-refractivity contribution is 0.0489. The quantitative estimate of drug-likeness (QED) is 0.447. The first kappa shape index (κ1) is 20.7. The number of carbonyl (C=O) groups is 2. The molecule has 0 amide bonds. The van der Waals surface area contributed by atoms with Crippen LogP contribution in [0.3, 0.4) is 0 Å². The minimum atomic E-state index is -1.08. The second-order valence-corrected chi connectivity index (χ2v) is 7.32. The Morgan fingerprint density at radius 1 is 1.29 bits per heavy atom. The van der Waals surface area contributed by atoms with Crippen LogP contribution in [0.4, 0.5) is 0 Å². The maximum atomic E-state index is 12.3. The van der Waals surface area contributed by atoms with Crippen LogP contribution in [0.25, 0.3) is 0 Å². The Labute approximate surface area is 152 Å². The van der Waals surface area contributed by atoms with E-state index in [1.807, 2.05) is 13.8 Å². The third kappa shape index (κ3) is 5.62. The molecule has 0 fully saturated rings. The average molecular weight is 399 g/mol. The summed E-state index contributed by atoms with van der Waals surface area (Å²) in [6.07, 6.45) is 4.22. The van der Waals surface area contributed by atoms with Gasteiger partial charge in [0.05, 0.1) is 17.7 Å². The summed E-state index contributed by atoms with van der Waals surface area (Å²) in [6, 6.07) is 1.57. The van der Waals surface area contributed by atoms with Crippen molar-refractivity contribution in [2.24, 2.45) is 5.92 Å². The third-order valence-electron chi connectivity index (χ3n) is 4.03. The van der Waals surface area contributed by atoms with Crippen LogP contribution in [-0.2, 0) is 11.2 Å². The molecule has 0 aliphatic carbocycles. The van der Waals surface area contributed by atoms with Crippen molar-refractivity contribution in [1.82, 2.24) is 0 Å². The number of hydrogen-bond donors (Lipinski definition) is 1. The van der Waals surface area contributed by atoms with Gasteiger partial charge in [-0.25, -0.2) is 9.59 Å². The molecule has 0 bridgehead atoms. The molecule has 0 radical (unpaired) electrons. The first-order valence-corrected chi connectivity index (χ1v) is 9.31. The van der Waals surface area contributed by atoms with E-state index in [1.165, 1.54) is 0 Å². The summed E-state index contributed by atoms with van der Waals surface area (Å²) >= 11 is 3.45. The summed E-state index contributed by atoms with van der Waals surface area (Å²) in [5, 5.41) is 9.67. The second-order valence-electron chi connectivity index (χ2n) is 6.47. The molecule has 0 aliphatic heterocycles. The van der Waals surface area contributed by atoms with Crippen LogP contribution in [0.15, 0.2) is 10.5 Å². The predicted molar refractivity (Wildman–Crippen MR) is 98.8 cm³/mol. The van der Waals surface area contributed by atoms with Gasteiger partial charge in [0.15, 0.2) is 0 Å². The van der Waals surface area contributed by atoms with Gasteiger partial charge >= 0.3 is 11.9 Å². The number of benzene rings is 1. The highest BCUT2D eigenvalue weighted by molar-refractivity contribution is 9.10. The summed E-state index contributed by atoms with van der Waals surface area (Å²) in [5.41, 5.74) is 1.82. The van der Waals surface area contributed by atoms with Crippen LogP contribution < -0.4 is 0 Å². The van der Waals surface area contributed by atoms with Gasteiger partial charge in [0, 0.05) is 4.47 Å². The number of unbranched alkanes of at least 4 members (excludes halogenated alkanes) is 1. The number of carboxylic acids is 1. The Balaban J connectivity index is 3.21. The molecule has 4 nitrogen and oxygen atoms in total. The van der Waals surface area contributed by atoms with Crippen LogP contribution in [0.5, 0.6) is 0 Å². The highest BCUT2D eigenvalue weighted by Crippen LogP contribution is 2.29. The van der Waals surface area contributed by atoms with Gasteiger partial charge in [-0.1, -0.05) is 49.5 Å². The lowest BCUT2D eigenvalue weighted by atomic mass is 9.91. The van der Waals surface area contributed by atoms with E-state index in [0.717, 1.165) is 41.3 Å². The van der Waals surface area contributed by atoms with Crippen molar-refractivity contribution in [3.05, 3.63) is 32.8 Å². The average Bonchev–Trinajstić information content (AvgIpc) is 2.50. The minimum absolute atomic E-state index is 0.0842. The summed E-state index contributed by atoms with van der Waals surface area (Å²) in [6.45, 7) is 8.48. The van der Waals surface area contributed by atoms with Gasteiger partial charge in [-0.05, 0) is 49.3 Å². The normalized spacial score (nSPS) is 10.9. The van der Waals surface area contributed by atoms with Crippen LogP contribution in [0.2, 0.25) is 0 Å². The Kier molecular flexibility index (Phi) is 8.46. The summed E-state index contributed by atoms with van der Waals surface area (Å²) in [5.74, 6) is -1.08. The molecule has 5 heteroatoms. The van der Waals surface area contributed by atoms with E-state index in [4.69, 9.17) is 4.74 Å². The third-order valence-corrected chi connectivity index (χ3v) is 4.85. The van der Waals surface area contributed by atoms with Gasteiger partial charge in [0.25, 0.3) is 0 Å². The van der Waals surface area contributed by atoms with Gasteiger partial charge in [-0.3, -0.25) is 0 Å². The van der Waals surface area contributed by atoms with Crippen molar-refractivity contribution in [3.8, 4) is 0 Å². The molecule has 24 heavy (non-hydrogen) atoms. The fourth-order valence-electron chi connectivity index (χ4n) is 2.59. The van der Waals surface area contributed by atoms with Gasteiger partial charge in [-0.15, -0.1) is 0 Å². The van der Waals surface area contributed by atoms with Crippen molar-refractivity contribution in [3.63, 3.8) is 0 Å². The molecule has 134 valence electrons. The van der Waals surface area contributed by atoms with Gasteiger partial charge in [-0.2, -0.15) is 0 Å². The van der Waals surface area contributed by atoms with Crippen LogP contribution >= 0.6 is 15.9 Å². The van der Waals surface area contributed by atoms with E-state index in [2.05, 4.69) is 29.8 Å². The Hall–Kier alpha value is -1.36. The van der Waals surface area contributed by atoms with Crippen molar-refractivity contribution in [1.29, 1.82) is 0 Å². The predicted octanol–water partition coefficient (Wildman–Crippen LogP) is 5.39. The largest absolute Gasteiger partial charge is 0.478 e. The molecular weight excluding hydrogens is 372 g/mol. The van der Waals surface area contributed by atoms with Crippen LogP contribution in [-0.4, -0.2) is 23.7 Å². The molecule has 0 atom stereocenters. The minimum Gasteiger partial charge on any atom is -0.478 e. The fourth-order valence-corrected chi connectivity index (χ4v) is 3.06. The first-order chi connectivity index (χ1) is 11.3. The zero-order valence-electron chi connectivity index (χ0n) is 14.9. The molecule has 0 saturated carbocycles. The van der Waals surface area contributed by atoms with Gasteiger partial charge in [0.1, 0.15) is 0 Å². The molecule has 1 rings (SSSR count). The number of halogens is 1. The van der Waals surface area contributed by atoms with E-state index in [1.54, 1.807) is 6.07 Å². The molecule has 1 aromatic carbocycles. The summed E-state index contributed by atoms with van der Waals surface area (Å²) in [7, 11) is 0. The van der Waals surface area contributed by atoms with Crippen molar-refractivity contribution < 1.29 is 19.4 Å². The van der Waals surface area contributed by atoms with E-state index >= 15 is 0 Å². The van der Waals surface area contributed by atoms with Crippen LogP contribution in [0.1, 0.15) is 78.3 Å². The molecule has 0 spiro atoms. The van der Waals surface area contributed by atoms with E-state index in [9.17, 15) is 14.7 Å². The number of aromatic carboxylic acids is 1. The molecule has 0 aromatic heterocycles. The van der Waals surface area contributed by atoms with Crippen molar-refractivity contribution in [2.45, 2.75) is 59.8 Å². The monoisotopic (exact) mass is 398 g/mol. The zero-order valence-corrected chi connectivity index (χ0v) is 16.5. The number of hydrogen-bond acceptors (Lipinski definition) is 3. The highest BCUT2D eigenvalue weighted by Gasteiger charge is 2.24. The fraction of sp³-hybridized carbons (Fsp3) is 0.579. The standard InChI is InChI=1S/C19H27BrO4/c1-5-6-10-24-19(23)15-11-16(20)13(4)14(17(15)18(21)22)9-7-8-12(2)3/h11-12H,5-10H2,1-4H3,(H,21,22). The number of carboxylic acid groups (broad SMARTS) is 1. The second kappa shape index (κ2) is 9.82. The SMILES string of the molecule is CCCCOC(=O)c1cc(Br)c(C)c(CCCC(C)C)c1C(=O)O. The van der Waals surface area contributed by atoms with Crippen molar-refractivity contribution >= 4 is 27.9 Å². The maximum absolute atomic E-state index is 12.3. The van der Waals surface area contributed by atoms with Gasteiger partial charge in [0.2, 0.25) is 0 Å². The molecule has 0 aliphatic rings. The summed E-state index contributed by atoms with van der Waals surface area (Å²) in [4.78, 5) is 24.2. The number of carbonyl (C=O) groups excluding carboxylic acids is 1. The highest BCUT2D eigenvalue weighted by atomic mass is 79.9. The molecule has 0 saturated heterocycles. The molecular formula is C19H27BrO4. The Morgan fingerprint density at radius 3 is 2.50 bits per heavy atom. The lowest BCUT2D eigenvalue weighted by Gasteiger charge is -2.16. The van der Waals surface area contributed by atoms with Gasteiger partial charge < -0.3 is 9.84 Å². The van der Waals surface area contributed by atoms with E-state index < -0.39 is 11.9 Å². The molecule has 0 heterocycles. The summed E-state index contributed by atoms with van der Waals surface area (Å²) < 4.78 is 5.97. The zero-order chi connectivity index (χ0) is 18.3. The van der Waals surface area contributed by atoms with E-state index in [-0.39, 0.29) is 11.1 Å². The van der Waals surface area contributed by atoms with E-state index in [0.29, 0.717) is 18.9 Å². The maximum Gasteiger partial charge on any atom is 0.339 e. The molecule has 0 unspecified atom stereocenters. The first-order valence-electron chi connectivity index (χ1n) is 8.51. The number of esters is 1. The number of rotatable bonds is 9. The lowest BCUT2D eigenvalue weighted by Crippen LogP contribution is -2.16. The molecule has 1 aromatic rings. The Morgan fingerprint density at radius 2 is 1.96 bits per heavy atom. The Bertz CT molecular complexity index is 594.